The normalized spacial score (nSPS) is 17.9. The molecule has 144 valence electrons. The quantitative estimate of drug-likeness (QED) is 0.408. The van der Waals surface area contributed by atoms with Crippen LogP contribution in [-0.2, 0) is 4.79 Å². The third kappa shape index (κ3) is 3.95. The van der Waals surface area contributed by atoms with Crippen molar-refractivity contribution in [1.29, 1.82) is 0 Å². The average molecular weight is 495 g/mol. The van der Waals surface area contributed by atoms with Crippen molar-refractivity contribution < 1.29 is 4.79 Å². The van der Waals surface area contributed by atoms with E-state index in [9.17, 15) is 4.79 Å². The fourth-order valence-electron chi connectivity index (χ4n) is 3.37. The summed E-state index contributed by atoms with van der Waals surface area (Å²) >= 11 is 1.31. The van der Waals surface area contributed by atoms with Gasteiger partial charge in [0, 0.05) is 0 Å². The topological polar surface area (TPSA) is 20.3 Å². The minimum absolute atomic E-state index is 0.162. The molecule has 0 N–H and O–H groups in total. The molecular formula is C23H29NOSTe. The van der Waals surface area contributed by atoms with Crippen LogP contribution in [0.5, 0.6) is 0 Å². The van der Waals surface area contributed by atoms with Crippen LogP contribution < -0.4 is 8.51 Å². The number of hydrogen-bond donors (Lipinski definition) is 0. The minimum atomic E-state index is -0.470. The monoisotopic (exact) mass is 497 g/mol. The fourth-order valence-corrected chi connectivity index (χ4v) is 6.99. The van der Waals surface area contributed by atoms with Crippen LogP contribution in [0.25, 0.3) is 0 Å². The SMILES string of the molecule is CSc1ccc2c(c1)N(C)C(=C1C=C(C(C)(C)C)C(=O)C(C(C)(C)C)=C1)[Te]2. The summed E-state index contributed by atoms with van der Waals surface area (Å²) in [6.07, 6.45) is 6.45. The van der Waals surface area contributed by atoms with Crippen LogP contribution in [0.2, 0.25) is 0 Å². The molecule has 27 heavy (non-hydrogen) atoms. The molecule has 2 aliphatic rings. The fraction of sp³-hybridized carbons (Fsp3) is 0.435. The van der Waals surface area contributed by atoms with E-state index in [1.807, 2.05) is 0 Å². The Balaban J connectivity index is 2.17. The predicted molar refractivity (Wildman–Crippen MR) is 119 cm³/mol. The maximum absolute atomic E-state index is 13.2. The summed E-state index contributed by atoms with van der Waals surface area (Å²) in [5, 5.41) is 0. The molecule has 3 rings (SSSR count). The number of nitrogens with zero attached hydrogens (tertiary/aromatic N) is 1. The molecule has 1 aliphatic heterocycles. The third-order valence-corrected chi connectivity index (χ3v) is 9.34. The van der Waals surface area contributed by atoms with Crippen molar-refractivity contribution in [3.05, 3.63) is 50.8 Å². The zero-order chi connectivity index (χ0) is 20.1. The molecule has 0 amide bonds. The number of allylic oxidation sites excluding steroid dienone is 5. The van der Waals surface area contributed by atoms with E-state index in [4.69, 9.17) is 0 Å². The van der Waals surface area contributed by atoms with Crippen molar-refractivity contribution in [1.82, 2.24) is 0 Å². The number of carbonyl (C=O) groups excluding carboxylic acids is 1. The van der Waals surface area contributed by atoms with Crippen molar-refractivity contribution in [2.75, 3.05) is 18.2 Å². The molecule has 1 heterocycles. The number of fused-ring (bicyclic) bond motifs is 1. The summed E-state index contributed by atoms with van der Waals surface area (Å²) in [6.45, 7) is 12.8. The first kappa shape index (κ1) is 20.8. The van der Waals surface area contributed by atoms with Gasteiger partial charge in [0.1, 0.15) is 0 Å². The Labute approximate surface area is 178 Å². The van der Waals surface area contributed by atoms with Gasteiger partial charge in [-0.15, -0.1) is 0 Å². The van der Waals surface area contributed by atoms with E-state index in [1.165, 1.54) is 23.5 Å². The summed E-state index contributed by atoms with van der Waals surface area (Å²) in [4.78, 5) is 16.9. The van der Waals surface area contributed by atoms with Crippen molar-refractivity contribution in [3.8, 4) is 0 Å². The maximum atomic E-state index is 13.2. The van der Waals surface area contributed by atoms with Crippen LogP contribution in [0.4, 0.5) is 5.69 Å². The van der Waals surface area contributed by atoms with E-state index < -0.39 is 20.9 Å². The number of carbonyl (C=O) groups is 1. The number of benzene rings is 1. The van der Waals surface area contributed by atoms with Crippen LogP contribution in [0.1, 0.15) is 41.5 Å². The molecular weight excluding hydrogens is 466 g/mol. The molecule has 1 aromatic carbocycles. The molecule has 0 unspecified atom stereocenters. The second-order valence-electron chi connectivity index (χ2n) is 9.20. The van der Waals surface area contributed by atoms with Crippen molar-refractivity contribution >= 4 is 47.8 Å². The number of ketones is 1. The standard InChI is InChI=1S/C23H29NOSTe/c1-22(2,3)16-11-14(12-17(20(16)25)23(4,5)6)21-24(7)18-13-15(26-8)9-10-19(18)27-21/h9-13H,1-8H3. The first-order valence-corrected chi connectivity index (χ1v) is 12.8. The number of hydrogen-bond acceptors (Lipinski definition) is 3. The summed E-state index contributed by atoms with van der Waals surface area (Å²) in [6, 6.07) is 6.83. The Hall–Kier alpha value is -0.950. The molecule has 4 heteroatoms. The second-order valence-corrected chi connectivity index (χ2v) is 13.0. The van der Waals surface area contributed by atoms with Crippen LogP contribution >= 0.6 is 11.8 Å². The van der Waals surface area contributed by atoms with E-state index >= 15 is 0 Å². The Morgan fingerprint density at radius 3 is 2.00 bits per heavy atom. The van der Waals surface area contributed by atoms with E-state index in [0.29, 0.717) is 0 Å². The van der Waals surface area contributed by atoms with Gasteiger partial charge in [0.25, 0.3) is 0 Å². The zero-order valence-electron chi connectivity index (χ0n) is 17.6. The molecule has 0 atom stereocenters. The van der Waals surface area contributed by atoms with E-state index in [2.05, 4.69) is 90.1 Å². The van der Waals surface area contributed by atoms with E-state index in [0.717, 1.165) is 11.1 Å². The first-order chi connectivity index (χ1) is 12.4. The van der Waals surface area contributed by atoms with Crippen molar-refractivity contribution in [2.24, 2.45) is 10.8 Å². The number of Topliss-reactive ketones (excluding diaryl/α,β-unsaturated/α-hetero) is 1. The Morgan fingerprint density at radius 2 is 1.52 bits per heavy atom. The summed E-state index contributed by atoms with van der Waals surface area (Å²) in [7, 11) is 2.18. The van der Waals surface area contributed by atoms with Gasteiger partial charge >= 0.3 is 179 Å². The van der Waals surface area contributed by atoms with Crippen molar-refractivity contribution in [2.45, 2.75) is 46.4 Å². The zero-order valence-corrected chi connectivity index (χ0v) is 20.7. The Bertz CT molecular complexity index is 858. The van der Waals surface area contributed by atoms with Gasteiger partial charge in [-0.1, -0.05) is 0 Å². The Morgan fingerprint density at radius 1 is 0.963 bits per heavy atom. The predicted octanol–water partition coefficient (Wildman–Crippen LogP) is 4.93. The molecule has 0 bridgehead atoms. The molecule has 0 aromatic heterocycles. The molecule has 0 radical (unpaired) electrons. The summed E-state index contributed by atoms with van der Waals surface area (Å²) < 4.78 is 2.89. The van der Waals surface area contributed by atoms with E-state index in [-0.39, 0.29) is 16.6 Å². The van der Waals surface area contributed by atoms with Gasteiger partial charge in [-0.2, -0.15) is 0 Å². The van der Waals surface area contributed by atoms with Gasteiger partial charge in [-0.25, -0.2) is 0 Å². The molecule has 0 saturated heterocycles. The van der Waals surface area contributed by atoms with Gasteiger partial charge in [0.15, 0.2) is 0 Å². The van der Waals surface area contributed by atoms with Crippen LogP contribution in [-0.4, -0.2) is 40.0 Å². The summed E-state index contributed by atoms with van der Waals surface area (Å²) in [5.41, 5.74) is 4.10. The number of anilines is 1. The summed E-state index contributed by atoms with van der Waals surface area (Å²) in [5.74, 6) is 0.211. The molecule has 2 nitrogen and oxygen atoms in total. The molecule has 0 spiro atoms. The van der Waals surface area contributed by atoms with Gasteiger partial charge in [0.2, 0.25) is 0 Å². The van der Waals surface area contributed by atoms with Gasteiger partial charge in [0.05, 0.1) is 0 Å². The van der Waals surface area contributed by atoms with Crippen LogP contribution in [0.3, 0.4) is 0 Å². The average Bonchev–Trinajstić information content (AvgIpc) is 2.89. The second kappa shape index (κ2) is 7.14. The Kier molecular flexibility index (Phi) is 5.49. The van der Waals surface area contributed by atoms with Crippen molar-refractivity contribution in [3.63, 3.8) is 0 Å². The van der Waals surface area contributed by atoms with E-state index in [1.54, 1.807) is 11.8 Å². The van der Waals surface area contributed by atoms with Crippen LogP contribution in [0.15, 0.2) is 55.7 Å². The molecule has 0 saturated carbocycles. The molecule has 0 fully saturated rings. The third-order valence-electron chi connectivity index (χ3n) is 4.99. The number of rotatable bonds is 1. The molecule has 1 aliphatic carbocycles. The molecule has 1 aromatic rings. The van der Waals surface area contributed by atoms with Gasteiger partial charge < -0.3 is 0 Å². The van der Waals surface area contributed by atoms with Gasteiger partial charge in [-0.3, -0.25) is 0 Å². The number of thioether (sulfide) groups is 1. The van der Waals surface area contributed by atoms with Gasteiger partial charge in [-0.05, 0) is 0 Å². The van der Waals surface area contributed by atoms with Crippen LogP contribution in [0, 0.1) is 10.8 Å². The first-order valence-electron chi connectivity index (χ1n) is 9.26.